The minimum atomic E-state index is -0.101. The number of rotatable bonds is 7. The summed E-state index contributed by atoms with van der Waals surface area (Å²) in [5.41, 5.74) is 3.18. The molecule has 4 aromatic rings. The van der Waals surface area contributed by atoms with Gasteiger partial charge in [-0.05, 0) is 54.4 Å². The van der Waals surface area contributed by atoms with E-state index >= 15 is 0 Å². The number of nitrogens with one attached hydrogen (secondary N) is 1. The van der Waals surface area contributed by atoms with Gasteiger partial charge < -0.3 is 14.6 Å². The first kappa shape index (κ1) is 23.6. The number of carbonyl (C=O) groups excluding carboxylic acids is 1. The number of piperazine rings is 1. The molecule has 1 unspecified atom stereocenters. The van der Waals surface area contributed by atoms with Gasteiger partial charge in [-0.2, -0.15) is 5.26 Å². The van der Waals surface area contributed by atoms with Crippen molar-refractivity contribution in [2.75, 3.05) is 24.5 Å². The van der Waals surface area contributed by atoms with Crippen LogP contribution in [0.5, 0.6) is 11.5 Å². The van der Waals surface area contributed by atoms with Gasteiger partial charge in [-0.3, -0.25) is 9.69 Å². The van der Waals surface area contributed by atoms with Crippen molar-refractivity contribution < 1.29 is 9.53 Å². The van der Waals surface area contributed by atoms with Crippen LogP contribution in [-0.2, 0) is 11.2 Å². The van der Waals surface area contributed by atoms with Crippen molar-refractivity contribution >= 4 is 23.2 Å². The van der Waals surface area contributed by atoms with Gasteiger partial charge in [0.1, 0.15) is 17.6 Å². The van der Waals surface area contributed by atoms with Crippen molar-refractivity contribution in [3.8, 4) is 17.6 Å². The number of halogens is 1. The van der Waals surface area contributed by atoms with Crippen LogP contribution in [0.4, 0.5) is 5.69 Å². The molecule has 0 aliphatic carbocycles. The molecular formula is C28H24ClN5O2. The first-order valence-electron chi connectivity index (χ1n) is 11.6. The molecule has 1 amide bonds. The lowest BCUT2D eigenvalue weighted by Crippen LogP contribution is -2.51. The number of nitriles is 1. The Balaban J connectivity index is 1.38. The van der Waals surface area contributed by atoms with Crippen LogP contribution in [0, 0.1) is 11.3 Å². The number of hydrogen-bond acceptors (Lipinski definition) is 5. The third kappa shape index (κ3) is 5.25. The molecule has 1 aromatic heterocycles. The first-order valence-corrected chi connectivity index (χ1v) is 12.0. The normalized spacial score (nSPS) is 14.9. The molecule has 1 saturated heterocycles. The van der Waals surface area contributed by atoms with Crippen molar-refractivity contribution in [3.63, 3.8) is 0 Å². The van der Waals surface area contributed by atoms with Crippen LogP contribution in [0.15, 0.2) is 85.3 Å². The molecule has 8 heteroatoms. The third-order valence-corrected chi connectivity index (χ3v) is 6.49. The van der Waals surface area contributed by atoms with E-state index in [2.05, 4.69) is 20.9 Å². The number of anilines is 1. The van der Waals surface area contributed by atoms with Crippen molar-refractivity contribution in [3.05, 3.63) is 107 Å². The second-order valence-corrected chi connectivity index (χ2v) is 9.02. The maximum absolute atomic E-state index is 13.1. The molecule has 7 nitrogen and oxygen atoms in total. The smallest absolute Gasteiger partial charge is 0.241 e. The van der Waals surface area contributed by atoms with Gasteiger partial charge in [-0.15, -0.1) is 0 Å². The van der Waals surface area contributed by atoms with Crippen LogP contribution in [0.1, 0.15) is 22.9 Å². The van der Waals surface area contributed by atoms with E-state index in [0.29, 0.717) is 41.6 Å². The second kappa shape index (κ2) is 10.6. The van der Waals surface area contributed by atoms with Crippen LogP contribution in [0.3, 0.4) is 0 Å². The summed E-state index contributed by atoms with van der Waals surface area (Å²) in [6.07, 6.45) is 4.06. The summed E-state index contributed by atoms with van der Waals surface area (Å²) in [5, 5.41) is 10.2. The summed E-state index contributed by atoms with van der Waals surface area (Å²) < 4.78 is 6.02. The zero-order chi connectivity index (χ0) is 24.9. The molecule has 1 aliphatic heterocycles. The minimum absolute atomic E-state index is 0.0148. The zero-order valence-corrected chi connectivity index (χ0v) is 20.2. The molecule has 1 fully saturated rings. The number of hydrogen-bond donors (Lipinski definition) is 1. The van der Waals surface area contributed by atoms with E-state index in [1.54, 1.807) is 29.6 Å². The number of nitrogens with zero attached hydrogens (tertiary/aromatic N) is 4. The summed E-state index contributed by atoms with van der Waals surface area (Å²) >= 11 is 6.14. The number of carbonyl (C=O) groups is 1. The predicted molar refractivity (Wildman–Crippen MR) is 138 cm³/mol. The first-order chi connectivity index (χ1) is 17.6. The van der Waals surface area contributed by atoms with E-state index in [4.69, 9.17) is 16.3 Å². The summed E-state index contributed by atoms with van der Waals surface area (Å²) in [6, 6.07) is 24.5. The number of ether oxygens (including phenoxy) is 1. The molecule has 0 saturated carbocycles. The molecule has 1 aliphatic rings. The molecule has 2 heterocycles. The zero-order valence-electron chi connectivity index (χ0n) is 19.5. The number of amides is 1. The molecule has 0 bridgehead atoms. The molecule has 1 N–H and O–H groups in total. The maximum Gasteiger partial charge on any atom is 0.241 e. The van der Waals surface area contributed by atoms with Gasteiger partial charge in [0.25, 0.3) is 0 Å². The largest absolute Gasteiger partial charge is 0.456 e. The molecule has 0 radical (unpaired) electrons. The highest BCUT2D eigenvalue weighted by Crippen LogP contribution is 2.31. The minimum Gasteiger partial charge on any atom is -0.456 e. The quantitative estimate of drug-likeness (QED) is 0.371. The summed E-state index contributed by atoms with van der Waals surface area (Å²) in [5.74, 6) is 1.19. The monoisotopic (exact) mass is 497 g/mol. The van der Waals surface area contributed by atoms with Crippen molar-refractivity contribution in [2.45, 2.75) is 12.5 Å². The standard InChI is InChI=1S/C28H24ClN5O2/c29-22-5-4-6-23(15-22)34-12-11-33(18-28(34)35)26(25-17-31-19-32-25)13-20-9-10-21(16-30)27(14-20)36-24-7-2-1-3-8-24/h1-10,14-15,17,19,26H,11-13,18H2,(H,31,32). The van der Waals surface area contributed by atoms with Gasteiger partial charge in [0.05, 0.1) is 30.2 Å². The number of aromatic amines is 1. The van der Waals surface area contributed by atoms with Crippen LogP contribution in [0.2, 0.25) is 5.02 Å². The number of benzene rings is 3. The fourth-order valence-corrected chi connectivity index (χ4v) is 4.65. The lowest BCUT2D eigenvalue weighted by atomic mass is 9.99. The fraction of sp³-hybridized carbons (Fsp3) is 0.179. The highest BCUT2D eigenvalue weighted by atomic mass is 35.5. The van der Waals surface area contributed by atoms with E-state index in [-0.39, 0.29) is 18.5 Å². The van der Waals surface area contributed by atoms with Crippen molar-refractivity contribution in [1.29, 1.82) is 5.26 Å². The van der Waals surface area contributed by atoms with Crippen LogP contribution in [0.25, 0.3) is 0 Å². The Labute approximate surface area is 214 Å². The molecule has 36 heavy (non-hydrogen) atoms. The van der Waals surface area contributed by atoms with Gasteiger partial charge in [0.2, 0.25) is 5.91 Å². The Kier molecular flexibility index (Phi) is 6.99. The number of aromatic nitrogens is 2. The van der Waals surface area contributed by atoms with E-state index in [0.717, 1.165) is 16.9 Å². The number of para-hydroxylation sites is 1. The van der Waals surface area contributed by atoms with Crippen LogP contribution < -0.4 is 9.64 Å². The average Bonchev–Trinajstić information content (AvgIpc) is 3.43. The number of H-pyrrole nitrogens is 1. The number of imidazole rings is 1. The van der Waals surface area contributed by atoms with E-state index in [1.807, 2.05) is 60.7 Å². The Bertz CT molecular complexity index is 1380. The summed E-state index contributed by atoms with van der Waals surface area (Å²) in [4.78, 5) is 24.5. The summed E-state index contributed by atoms with van der Waals surface area (Å²) in [7, 11) is 0. The summed E-state index contributed by atoms with van der Waals surface area (Å²) in [6.45, 7) is 1.50. The maximum atomic E-state index is 13.1. The van der Waals surface area contributed by atoms with E-state index in [1.165, 1.54) is 0 Å². The Morgan fingerprint density at radius 3 is 2.67 bits per heavy atom. The lowest BCUT2D eigenvalue weighted by molar-refractivity contribution is -0.122. The molecule has 5 rings (SSSR count). The van der Waals surface area contributed by atoms with Crippen LogP contribution >= 0.6 is 11.6 Å². The third-order valence-electron chi connectivity index (χ3n) is 6.26. The molecule has 180 valence electrons. The van der Waals surface area contributed by atoms with Gasteiger partial charge in [-0.25, -0.2) is 4.98 Å². The van der Waals surface area contributed by atoms with Crippen molar-refractivity contribution in [1.82, 2.24) is 14.9 Å². The molecule has 3 aromatic carbocycles. The highest BCUT2D eigenvalue weighted by molar-refractivity contribution is 6.30. The lowest BCUT2D eigenvalue weighted by Gasteiger charge is -2.38. The Hall–Kier alpha value is -4.12. The Morgan fingerprint density at radius 1 is 1.08 bits per heavy atom. The van der Waals surface area contributed by atoms with Crippen LogP contribution in [-0.4, -0.2) is 40.4 Å². The highest BCUT2D eigenvalue weighted by Gasteiger charge is 2.31. The molecule has 1 atom stereocenters. The van der Waals surface area contributed by atoms with Crippen molar-refractivity contribution in [2.24, 2.45) is 0 Å². The van der Waals surface area contributed by atoms with E-state index < -0.39 is 0 Å². The fourth-order valence-electron chi connectivity index (χ4n) is 4.47. The SMILES string of the molecule is N#Cc1ccc(CC(c2cnc[nH]2)N2CCN(c3cccc(Cl)c3)C(=O)C2)cc1Oc1ccccc1. The topological polar surface area (TPSA) is 85.3 Å². The predicted octanol–water partition coefficient (Wildman–Crippen LogP) is 5.36. The van der Waals surface area contributed by atoms with E-state index in [9.17, 15) is 10.1 Å². The second-order valence-electron chi connectivity index (χ2n) is 8.58. The van der Waals surface area contributed by atoms with Gasteiger partial charge in [-0.1, -0.05) is 41.9 Å². The van der Waals surface area contributed by atoms with Gasteiger partial charge >= 0.3 is 0 Å². The molecular weight excluding hydrogens is 474 g/mol. The van der Waals surface area contributed by atoms with Gasteiger partial charge in [0, 0.05) is 30.0 Å². The Morgan fingerprint density at radius 2 is 1.94 bits per heavy atom. The van der Waals surface area contributed by atoms with Gasteiger partial charge in [0.15, 0.2) is 0 Å². The molecule has 0 spiro atoms. The average molecular weight is 498 g/mol.